The molecular weight excluding hydrogens is 400 g/mol. The predicted molar refractivity (Wildman–Crippen MR) is 119 cm³/mol. The lowest BCUT2D eigenvalue weighted by atomic mass is 9.87. The number of hydrogen-bond acceptors (Lipinski definition) is 5. The highest BCUT2D eigenvalue weighted by molar-refractivity contribution is 7.18. The van der Waals surface area contributed by atoms with Gasteiger partial charge in [0.25, 0.3) is 5.91 Å². The first-order chi connectivity index (χ1) is 14.5. The van der Waals surface area contributed by atoms with Crippen LogP contribution >= 0.6 is 11.3 Å². The molecule has 1 aliphatic carbocycles. The van der Waals surface area contributed by atoms with Gasteiger partial charge in [0, 0.05) is 12.1 Å². The van der Waals surface area contributed by atoms with E-state index in [0.717, 1.165) is 37.0 Å². The Balaban J connectivity index is 1.81. The molecule has 1 fully saturated rings. The fourth-order valence-corrected chi connectivity index (χ4v) is 4.91. The summed E-state index contributed by atoms with van der Waals surface area (Å²) in [5, 5.41) is 6.09. The van der Waals surface area contributed by atoms with Crippen molar-refractivity contribution in [2.45, 2.75) is 52.4 Å². The van der Waals surface area contributed by atoms with Gasteiger partial charge in [-0.1, -0.05) is 37.5 Å². The summed E-state index contributed by atoms with van der Waals surface area (Å²) in [7, 11) is 0. The van der Waals surface area contributed by atoms with Crippen molar-refractivity contribution in [2.24, 2.45) is 5.92 Å². The highest BCUT2D eigenvalue weighted by Gasteiger charge is 2.27. The topological polar surface area (TPSA) is 84.5 Å². The monoisotopic (exact) mass is 428 g/mol. The molecule has 6 nitrogen and oxygen atoms in total. The van der Waals surface area contributed by atoms with Gasteiger partial charge in [0.05, 0.1) is 17.0 Å². The number of carbonyl (C=O) groups is 3. The van der Waals surface area contributed by atoms with Gasteiger partial charge >= 0.3 is 5.97 Å². The third-order valence-corrected chi connectivity index (χ3v) is 6.52. The average molecular weight is 429 g/mol. The number of nitrogens with one attached hydrogen (secondary N) is 2. The average Bonchev–Trinajstić information content (AvgIpc) is 3.05. The summed E-state index contributed by atoms with van der Waals surface area (Å²) in [6.45, 7) is 3.65. The minimum Gasteiger partial charge on any atom is -0.462 e. The van der Waals surface area contributed by atoms with Gasteiger partial charge < -0.3 is 15.4 Å². The third-order valence-electron chi connectivity index (χ3n) is 5.32. The van der Waals surface area contributed by atoms with E-state index in [9.17, 15) is 14.4 Å². The molecule has 1 aromatic carbocycles. The van der Waals surface area contributed by atoms with Gasteiger partial charge in [-0.05, 0) is 50.3 Å². The minimum atomic E-state index is -0.530. The molecule has 7 heteroatoms. The summed E-state index contributed by atoms with van der Waals surface area (Å²) in [5.41, 5.74) is 1.44. The molecular formula is C23H28N2O4S. The normalized spacial score (nSPS) is 14.2. The molecule has 0 unspecified atom stereocenters. The van der Waals surface area contributed by atoms with Crippen LogP contribution in [0.3, 0.4) is 0 Å². The summed E-state index contributed by atoms with van der Waals surface area (Å²) in [5.74, 6) is -0.588. The zero-order valence-electron chi connectivity index (χ0n) is 17.5. The zero-order chi connectivity index (χ0) is 21.5. The SMILES string of the molecule is CCOC(=O)c1c(NC(=O)CC2CCCCC2)sc(C(=O)Nc2ccccc2)c1C. The molecule has 1 aliphatic rings. The summed E-state index contributed by atoms with van der Waals surface area (Å²) in [6, 6.07) is 9.11. The lowest BCUT2D eigenvalue weighted by Crippen LogP contribution is -2.19. The molecule has 1 aromatic heterocycles. The third kappa shape index (κ3) is 5.48. The zero-order valence-corrected chi connectivity index (χ0v) is 18.3. The van der Waals surface area contributed by atoms with Crippen LogP contribution in [0.5, 0.6) is 0 Å². The van der Waals surface area contributed by atoms with E-state index in [1.807, 2.05) is 18.2 Å². The predicted octanol–water partition coefficient (Wildman–Crippen LogP) is 5.39. The number of amides is 2. The Morgan fingerprint density at radius 3 is 2.43 bits per heavy atom. The Bertz CT molecular complexity index is 901. The standard InChI is InChI=1S/C23H28N2O4S/c1-3-29-23(28)19-15(2)20(21(27)24-17-12-8-5-9-13-17)30-22(19)25-18(26)14-16-10-6-4-7-11-16/h5,8-9,12-13,16H,3-4,6-7,10-11,14H2,1-2H3,(H,24,27)(H,25,26). The Hall–Kier alpha value is -2.67. The van der Waals surface area contributed by atoms with Gasteiger partial charge in [-0.3, -0.25) is 9.59 Å². The number of thiophene rings is 1. The number of hydrogen-bond donors (Lipinski definition) is 2. The molecule has 2 aromatic rings. The van der Waals surface area contributed by atoms with Gasteiger partial charge in [0.15, 0.2) is 0 Å². The van der Waals surface area contributed by atoms with E-state index in [1.165, 1.54) is 6.42 Å². The van der Waals surface area contributed by atoms with Crippen molar-refractivity contribution in [3.63, 3.8) is 0 Å². The van der Waals surface area contributed by atoms with Crippen molar-refractivity contribution in [1.82, 2.24) is 0 Å². The van der Waals surface area contributed by atoms with Crippen molar-refractivity contribution in [2.75, 3.05) is 17.2 Å². The number of carbonyl (C=O) groups excluding carboxylic acids is 3. The molecule has 30 heavy (non-hydrogen) atoms. The maximum atomic E-state index is 12.8. The molecule has 0 spiro atoms. The number of rotatable bonds is 7. The molecule has 1 heterocycles. The van der Waals surface area contributed by atoms with Gasteiger partial charge in [-0.25, -0.2) is 4.79 Å². The van der Waals surface area contributed by atoms with Crippen LogP contribution in [0.4, 0.5) is 10.7 Å². The molecule has 0 atom stereocenters. The molecule has 0 aliphatic heterocycles. The van der Waals surface area contributed by atoms with Crippen LogP contribution in [-0.4, -0.2) is 24.4 Å². The Kier molecular flexibility index (Phi) is 7.63. The maximum Gasteiger partial charge on any atom is 0.341 e. The first-order valence-electron chi connectivity index (χ1n) is 10.5. The summed E-state index contributed by atoms with van der Waals surface area (Å²) in [4.78, 5) is 38.4. The van der Waals surface area contributed by atoms with Crippen LogP contribution in [0.2, 0.25) is 0 Å². The van der Waals surface area contributed by atoms with E-state index in [2.05, 4.69) is 10.6 Å². The summed E-state index contributed by atoms with van der Waals surface area (Å²) < 4.78 is 5.18. The number of para-hydroxylation sites is 1. The molecule has 2 amide bonds. The first kappa shape index (κ1) is 22.0. The number of ether oxygens (including phenoxy) is 1. The number of benzene rings is 1. The molecule has 0 radical (unpaired) electrons. The van der Waals surface area contributed by atoms with Crippen molar-refractivity contribution >= 4 is 39.8 Å². The highest BCUT2D eigenvalue weighted by atomic mass is 32.1. The van der Waals surface area contributed by atoms with E-state index in [1.54, 1.807) is 26.0 Å². The Labute approximate surface area is 181 Å². The molecule has 1 saturated carbocycles. The van der Waals surface area contributed by atoms with E-state index >= 15 is 0 Å². The van der Waals surface area contributed by atoms with Crippen LogP contribution in [0, 0.1) is 12.8 Å². The van der Waals surface area contributed by atoms with Crippen LogP contribution in [-0.2, 0) is 9.53 Å². The lowest BCUT2D eigenvalue weighted by Gasteiger charge is -2.20. The molecule has 0 bridgehead atoms. The second kappa shape index (κ2) is 10.4. The van der Waals surface area contributed by atoms with Crippen molar-refractivity contribution in [1.29, 1.82) is 0 Å². The van der Waals surface area contributed by atoms with E-state index < -0.39 is 5.97 Å². The van der Waals surface area contributed by atoms with Crippen molar-refractivity contribution in [3.8, 4) is 0 Å². The second-order valence-corrected chi connectivity index (χ2v) is 8.58. The largest absolute Gasteiger partial charge is 0.462 e. The van der Waals surface area contributed by atoms with Gasteiger partial charge in [0.2, 0.25) is 5.91 Å². The van der Waals surface area contributed by atoms with Crippen LogP contribution in [0.25, 0.3) is 0 Å². The minimum absolute atomic E-state index is 0.122. The quantitative estimate of drug-likeness (QED) is 0.579. The number of esters is 1. The van der Waals surface area contributed by atoms with Gasteiger partial charge in [-0.15, -0.1) is 11.3 Å². The summed E-state index contributed by atoms with van der Waals surface area (Å²) in [6.07, 6.45) is 6.11. The molecule has 160 valence electrons. The maximum absolute atomic E-state index is 12.8. The van der Waals surface area contributed by atoms with E-state index in [-0.39, 0.29) is 24.0 Å². The van der Waals surface area contributed by atoms with Crippen LogP contribution < -0.4 is 10.6 Å². The smallest absolute Gasteiger partial charge is 0.341 e. The molecule has 2 N–H and O–H groups in total. The Morgan fingerprint density at radius 2 is 1.77 bits per heavy atom. The van der Waals surface area contributed by atoms with E-state index in [0.29, 0.717) is 33.5 Å². The fourth-order valence-electron chi connectivity index (χ4n) is 3.81. The summed E-state index contributed by atoms with van der Waals surface area (Å²) >= 11 is 1.11. The fraction of sp³-hybridized carbons (Fsp3) is 0.435. The van der Waals surface area contributed by atoms with Gasteiger partial charge in [0.1, 0.15) is 5.00 Å². The van der Waals surface area contributed by atoms with Gasteiger partial charge in [-0.2, -0.15) is 0 Å². The van der Waals surface area contributed by atoms with Crippen LogP contribution in [0.1, 0.15) is 71.0 Å². The van der Waals surface area contributed by atoms with E-state index in [4.69, 9.17) is 4.74 Å². The first-order valence-corrected chi connectivity index (χ1v) is 11.3. The lowest BCUT2D eigenvalue weighted by molar-refractivity contribution is -0.117. The number of anilines is 2. The Morgan fingerprint density at radius 1 is 1.07 bits per heavy atom. The highest BCUT2D eigenvalue weighted by Crippen LogP contribution is 2.35. The second-order valence-electron chi connectivity index (χ2n) is 7.56. The molecule has 0 saturated heterocycles. The molecule has 3 rings (SSSR count). The van der Waals surface area contributed by atoms with Crippen LogP contribution in [0.15, 0.2) is 30.3 Å². The van der Waals surface area contributed by atoms with Crippen molar-refractivity contribution in [3.05, 3.63) is 46.3 Å². The van der Waals surface area contributed by atoms with Crippen molar-refractivity contribution < 1.29 is 19.1 Å².